The van der Waals surface area contributed by atoms with Crippen molar-refractivity contribution >= 4 is 32.4 Å². The smallest absolute Gasteiger partial charge is 0.492 e. The van der Waals surface area contributed by atoms with Crippen LogP contribution in [0, 0.1) is 0 Å². The van der Waals surface area contributed by atoms with E-state index in [1.165, 1.54) is 6.92 Å². The van der Waals surface area contributed by atoms with Crippen LogP contribution >= 0.6 is 0 Å². The van der Waals surface area contributed by atoms with Crippen LogP contribution in [0.3, 0.4) is 0 Å². The van der Waals surface area contributed by atoms with Crippen molar-refractivity contribution in [3.63, 3.8) is 0 Å². The maximum atomic E-state index is 11.8. The van der Waals surface area contributed by atoms with E-state index >= 15 is 0 Å². The first-order chi connectivity index (χ1) is 16.3. The Balaban J connectivity index is 2.70. The van der Waals surface area contributed by atoms with Crippen molar-refractivity contribution in [2.45, 2.75) is 72.8 Å². The van der Waals surface area contributed by atoms with Crippen molar-refractivity contribution in [2.24, 2.45) is 0 Å². The third kappa shape index (κ3) is 10.8. The molecule has 0 aliphatic rings. The molecule has 1 amide bonds. The molecule has 192 valence electrons. The second-order valence-electron chi connectivity index (χ2n) is 7.74. The minimum Gasteiger partial charge on any atom is -0.492 e. The van der Waals surface area contributed by atoms with Gasteiger partial charge in [-0.25, -0.2) is 4.79 Å². The van der Waals surface area contributed by atoms with Crippen LogP contribution < -0.4 is 10.1 Å². The molecule has 0 fully saturated rings. The minimum absolute atomic E-state index is 0.195. The fraction of sp³-hybridized carbons (Fsp3) is 0.600. The van der Waals surface area contributed by atoms with Crippen molar-refractivity contribution < 1.29 is 32.7 Å². The summed E-state index contributed by atoms with van der Waals surface area (Å²) in [6.45, 7) is 11.3. The van der Waals surface area contributed by atoms with E-state index in [1.54, 1.807) is 24.3 Å². The molecular weight excluding hydrogens is 454 g/mol. The van der Waals surface area contributed by atoms with E-state index in [9.17, 15) is 14.7 Å². The first-order valence-electron chi connectivity index (χ1n) is 12.2. The molecule has 0 saturated carbocycles. The summed E-state index contributed by atoms with van der Waals surface area (Å²) < 4.78 is 23.3. The Labute approximate surface area is 205 Å². The third-order valence-corrected chi connectivity index (χ3v) is 8.16. The molecule has 0 saturated heterocycles. The Morgan fingerprint density at radius 3 is 2.09 bits per heavy atom. The molecular formula is C25H41NO7Si. The zero-order valence-corrected chi connectivity index (χ0v) is 22.3. The summed E-state index contributed by atoms with van der Waals surface area (Å²) in [7, 11) is -2.62. The van der Waals surface area contributed by atoms with Crippen molar-refractivity contribution in [1.29, 1.82) is 0 Å². The van der Waals surface area contributed by atoms with E-state index in [0.29, 0.717) is 49.9 Å². The predicted octanol–water partition coefficient (Wildman–Crippen LogP) is 5.51. The SMILES string of the molecule is CCOc1cc(/C=C(\CCCCCC[Si](OCC)(OCC)OCC)C(=O)O)ccc1NC(C)=O. The summed E-state index contributed by atoms with van der Waals surface area (Å²) >= 11 is 0. The highest BCUT2D eigenvalue weighted by Crippen LogP contribution is 2.28. The number of anilines is 1. The van der Waals surface area contributed by atoms with Crippen LogP contribution in [0.25, 0.3) is 6.08 Å². The van der Waals surface area contributed by atoms with E-state index in [-0.39, 0.29) is 5.91 Å². The standard InChI is InChI=1S/C25H41NO7Si/c1-6-30-24-19-21(15-16-23(24)26-20(5)27)18-22(25(28)29)14-12-10-11-13-17-34(31-7-2,32-8-3)33-9-4/h15-16,18-19H,6-14,17H2,1-5H3,(H,26,27)(H,28,29)/b22-18+. The number of carboxylic acids is 1. The molecule has 0 spiro atoms. The summed E-state index contributed by atoms with van der Waals surface area (Å²) in [5.41, 5.74) is 1.63. The molecule has 0 bridgehead atoms. The van der Waals surface area contributed by atoms with E-state index < -0.39 is 14.8 Å². The van der Waals surface area contributed by atoms with Gasteiger partial charge in [-0.15, -0.1) is 0 Å². The molecule has 0 heterocycles. The molecule has 1 aromatic carbocycles. The number of hydrogen-bond acceptors (Lipinski definition) is 6. The third-order valence-electron chi connectivity index (χ3n) is 5.00. The molecule has 2 N–H and O–H groups in total. The van der Waals surface area contributed by atoms with Gasteiger partial charge < -0.3 is 28.4 Å². The van der Waals surface area contributed by atoms with Crippen molar-refractivity contribution in [3.8, 4) is 5.75 Å². The summed E-state index contributed by atoms with van der Waals surface area (Å²) in [6, 6.07) is 6.02. The van der Waals surface area contributed by atoms with Crippen LogP contribution in [-0.4, -0.2) is 52.2 Å². The van der Waals surface area contributed by atoms with Crippen LogP contribution in [0.1, 0.15) is 72.3 Å². The number of aliphatic carboxylic acids is 1. The van der Waals surface area contributed by atoms with Gasteiger partial charge in [-0.3, -0.25) is 4.79 Å². The van der Waals surface area contributed by atoms with Gasteiger partial charge in [-0.05, 0) is 70.7 Å². The highest BCUT2D eigenvalue weighted by Gasteiger charge is 2.39. The highest BCUT2D eigenvalue weighted by molar-refractivity contribution is 6.60. The number of carbonyl (C=O) groups excluding carboxylic acids is 1. The molecule has 9 heteroatoms. The Bertz CT molecular complexity index is 780. The molecule has 0 aliphatic heterocycles. The molecule has 0 unspecified atom stereocenters. The van der Waals surface area contributed by atoms with E-state index in [1.807, 2.05) is 27.7 Å². The van der Waals surface area contributed by atoms with E-state index in [2.05, 4.69) is 5.32 Å². The molecule has 1 rings (SSSR count). The van der Waals surface area contributed by atoms with Crippen molar-refractivity contribution in [2.75, 3.05) is 31.7 Å². The lowest BCUT2D eigenvalue weighted by Crippen LogP contribution is -2.45. The van der Waals surface area contributed by atoms with Crippen LogP contribution in [0.4, 0.5) is 5.69 Å². The Kier molecular flexibility index (Phi) is 14.4. The van der Waals surface area contributed by atoms with Gasteiger partial charge in [0.05, 0.1) is 12.3 Å². The fourth-order valence-electron chi connectivity index (χ4n) is 3.65. The highest BCUT2D eigenvalue weighted by atomic mass is 28.4. The normalized spacial score (nSPS) is 12.0. The van der Waals surface area contributed by atoms with Gasteiger partial charge in [0.25, 0.3) is 0 Å². The lowest BCUT2D eigenvalue weighted by atomic mass is 10.0. The zero-order valence-electron chi connectivity index (χ0n) is 21.3. The van der Waals surface area contributed by atoms with Gasteiger partial charge in [-0.1, -0.05) is 18.9 Å². The molecule has 0 aromatic heterocycles. The number of amides is 1. The summed E-state index contributed by atoms with van der Waals surface area (Å²) in [6.07, 6.45) is 5.69. The Morgan fingerprint density at radius 1 is 0.941 bits per heavy atom. The van der Waals surface area contributed by atoms with Crippen molar-refractivity contribution in [3.05, 3.63) is 29.3 Å². The number of rotatable bonds is 18. The lowest BCUT2D eigenvalue weighted by molar-refractivity contribution is -0.132. The van der Waals surface area contributed by atoms with Gasteiger partial charge in [0.2, 0.25) is 5.91 Å². The number of carboxylic acid groups (broad SMARTS) is 1. The first-order valence-corrected chi connectivity index (χ1v) is 14.1. The first kappa shape index (κ1) is 29.8. The average molecular weight is 496 g/mol. The van der Waals surface area contributed by atoms with Gasteiger partial charge in [0.15, 0.2) is 0 Å². The van der Waals surface area contributed by atoms with Gasteiger partial charge in [-0.2, -0.15) is 0 Å². The maximum absolute atomic E-state index is 11.8. The predicted molar refractivity (Wildman–Crippen MR) is 136 cm³/mol. The lowest BCUT2D eigenvalue weighted by Gasteiger charge is -2.28. The molecule has 0 atom stereocenters. The molecule has 0 radical (unpaired) electrons. The largest absolute Gasteiger partial charge is 0.500 e. The zero-order chi connectivity index (χ0) is 25.4. The Hall–Kier alpha value is -2.20. The number of carbonyl (C=O) groups is 2. The number of benzene rings is 1. The minimum atomic E-state index is -2.62. The van der Waals surface area contributed by atoms with Gasteiger partial charge in [0, 0.05) is 38.4 Å². The van der Waals surface area contributed by atoms with Crippen LogP contribution in [0.2, 0.25) is 6.04 Å². The van der Waals surface area contributed by atoms with Crippen molar-refractivity contribution in [1.82, 2.24) is 0 Å². The van der Waals surface area contributed by atoms with Gasteiger partial charge in [0.1, 0.15) is 5.75 Å². The van der Waals surface area contributed by atoms with E-state index in [4.69, 9.17) is 18.0 Å². The molecule has 1 aromatic rings. The topological polar surface area (TPSA) is 103 Å². The van der Waals surface area contributed by atoms with E-state index in [0.717, 1.165) is 37.3 Å². The summed E-state index contributed by atoms with van der Waals surface area (Å²) in [5, 5.41) is 12.4. The fourth-order valence-corrected chi connectivity index (χ4v) is 6.34. The number of hydrogen-bond donors (Lipinski definition) is 2. The number of nitrogens with one attached hydrogen (secondary N) is 1. The van der Waals surface area contributed by atoms with Gasteiger partial charge >= 0.3 is 14.8 Å². The van der Waals surface area contributed by atoms with Crippen LogP contribution in [-0.2, 0) is 22.9 Å². The maximum Gasteiger partial charge on any atom is 0.500 e. The molecule has 34 heavy (non-hydrogen) atoms. The molecule has 0 aliphatic carbocycles. The van der Waals surface area contributed by atoms with Crippen LogP contribution in [0.15, 0.2) is 23.8 Å². The second kappa shape index (κ2) is 16.4. The average Bonchev–Trinajstić information content (AvgIpc) is 2.77. The summed E-state index contributed by atoms with van der Waals surface area (Å²) in [4.78, 5) is 23.2. The Morgan fingerprint density at radius 2 is 1.56 bits per heavy atom. The second-order valence-corrected chi connectivity index (χ2v) is 10.5. The number of unbranched alkanes of at least 4 members (excludes halogenated alkanes) is 3. The number of ether oxygens (including phenoxy) is 1. The monoisotopic (exact) mass is 495 g/mol. The quantitative estimate of drug-likeness (QED) is 0.157. The summed E-state index contributed by atoms with van der Waals surface area (Å²) in [5.74, 6) is -0.611. The molecule has 8 nitrogen and oxygen atoms in total. The van der Waals surface area contributed by atoms with Crippen LogP contribution in [0.5, 0.6) is 5.75 Å².